The van der Waals surface area contributed by atoms with Crippen molar-refractivity contribution in [3.8, 4) is 0 Å². The van der Waals surface area contributed by atoms with Crippen molar-refractivity contribution in [2.24, 2.45) is 0 Å². The third-order valence-electron chi connectivity index (χ3n) is 1.48. The normalized spacial score (nSPS) is 12.9. The molecular formula is C9H15NO2. The van der Waals surface area contributed by atoms with E-state index in [-0.39, 0.29) is 6.42 Å². The highest BCUT2D eigenvalue weighted by Gasteiger charge is 2.01. The molecule has 0 aliphatic rings. The lowest BCUT2D eigenvalue weighted by molar-refractivity contribution is -0.136. The number of hydrogen-bond acceptors (Lipinski definition) is 2. The Morgan fingerprint density at radius 3 is 2.33 bits per heavy atom. The monoisotopic (exact) mass is 169 g/mol. The van der Waals surface area contributed by atoms with Crippen LogP contribution in [0, 0.1) is 0 Å². The number of carboxylic acid groups (broad SMARTS) is 1. The second-order valence-corrected chi connectivity index (χ2v) is 2.48. The third kappa shape index (κ3) is 4.55. The first-order chi connectivity index (χ1) is 5.60. The minimum Gasteiger partial charge on any atom is -0.481 e. The molecule has 68 valence electrons. The highest BCUT2D eigenvalue weighted by molar-refractivity contribution is 5.69. The van der Waals surface area contributed by atoms with Crippen molar-refractivity contribution in [1.29, 1.82) is 0 Å². The standard InChI is InChI=1S/C9H15NO2/c1-4-7(3)10-8(5-2)6-9(11)12/h4-5,10H,6H2,1-3H3,(H,11,12)/b7-4+,8-5-. The molecule has 0 aliphatic heterocycles. The van der Waals surface area contributed by atoms with E-state index >= 15 is 0 Å². The Morgan fingerprint density at radius 2 is 2.00 bits per heavy atom. The lowest BCUT2D eigenvalue weighted by atomic mass is 10.3. The van der Waals surface area contributed by atoms with Gasteiger partial charge < -0.3 is 10.4 Å². The fourth-order valence-electron chi connectivity index (χ4n) is 0.707. The molecule has 0 aromatic rings. The van der Waals surface area contributed by atoms with Gasteiger partial charge in [-0.1, -0.05) is 12.2 Å². The first kappa shape index (κ1) is 10.8. The van der Waals surface area contributed by atoms with Crippen molar-refractivity contribution in [2.75, 3.05) is 0 Å². The van der Waals surface area contributed by atoms with Crippen molar-refractivity contribution in [3.05, 3.63) is 23.5 Å². The van der Waals surface area contributed by atoms with Crippen LogP contribution >= 0.6 is 0 Å². The maximum absolute atomic E-state index is 10.3. The maximum atomic E-state index is 10.3. The van der Waals surface area contributed by atoms with Crippen LogP contribution in [0.15, 0.2) is 23.5 Å². The van der Waals surface area contributed by atoms with Crippen LogP contribution in [0.5, 0.6) is 0 Å². The fraction of sp³-hybridized carbons (Fsp3) is 0.444. The second-order valence-electron chi connectivity index (χ2n) is 2.48. The van der Waals surface area contributed by atoms with Crippen LogP contribution in [-0.4, -0.2) is 11.1 Å². The molecule has 0 fully saturated rings. The van der Waals surface area contributed by atoms with Gasteiger partial charge in [0.2, 0.25) is 0 Å². The number of carbonyl (C=O) groups is 1. The molecule has 3 heteroatoms. The van der Waals surface area contributed by atoms with Gasteiger partial charge in [0.05, 0.1) is 6.42 Å². The zero-order valence-corrected chi connectivity index (χ0v) is 7.72. The molecule has 2 N–H and O–H groups in total. The van der Waals surface area contributed by atoms with Crippen LogP contribution in [0.25, 0.3) is 0 Å². The first-order valence-corrected chi connectivity index (χ1v) is 3.87. The van der Waals surface area contributed by atoms with E-state index in [4.69, 9.17) is 5.11 Å². The number of aliphatic carboxylic acids is 1. The molecule has 0 bridgehead atoms. The van der Waals surface area contributed by atoms with Gasteiger partial charge in [0, 0.05) is 11.4 Å². The summed E-state index contributed by atoms with van der Waals surface area (Å²) in [5.74, 6) is -0.820. The van der Waals surface area contributed by atoms with E-state index in [1.54, 1.807) is 6.08 Å². The molecule has 3 nitrogen and oxygen atoms in total. The molecule has 0 saturated heterocycles. The fourth-order valence-corrected chi connectivity index (χ4v) is 0.707. The minimum absolute atomic E-state index is 0.0433. The Bertz CT molecular complexity index is 217. The van der Waals surface area contributed by atoms with Crippen LogP contribution in [-0.2, 0) is 4.79 Å². The summed E-state index contributed by atoms with van der Waals surface area (Å²) in [6, 6.07) is 0. The van der Waals surface area contributed by atoms with Gasteiger partial charge in [0.1, 0.15) is 0 Å². The molecule has 12 heavy (non-hydrogen) atoms. The lowest BCUT2D eigenvalue weighted by Crippen LogP contribution is -2.13. The summed E-state index contributed by atoms with van der Waals surface area (Å²) >= 11 is 0. The summed E-state index contributed by atoms with van der Waals surface area (Å²) in [7, 11) is 0. The summed E-state index contributed by atoms with van der Waals surface area (Å²) in [5.41, 5.74) is 1.68. The van der Waals surface area contributed by atoms with Gasteiger partial charge in [0.15, 0.2) is 0 Å². The smallest absolute Gasteiger partial charge is 0.309 e. The van der Waals surface area contributed by atoms with Crippen molar-refractivity contribution in [3.63, 3.8) is 0 Å². The second kappa shape index (κ2) is 5.41. The molecule has 0 saturated carbocycles. The molecule has 0 amide bonds. The van der Waals surface area contributed by atoms with Crippen molar-refractivity contribution >= 4 is 5.97 Å². The van der Waals surface area contributed by atoms with Crippen LogP contribution in [0.2, 0.25) is 0 Å². The quantitative estimate of drug-likeness (QED) is 0.675. The minimum atomic E-state index is -0.820. The Hall–Kier alpha value is -1.25. The highest BCUT2D eigenvalue weighted by atomic mass is 16.4. The maximum Gasteiger partial charge on any atom is 0.309 e. The van der Waals surface area contributed by atoms with Crippen LogP contribution in [0.1, 0.15) is 27.2 Å². The topological polar surface area (TPSA) is 49.3 Å². The number of allylic oxidation sites excluding steroid dienone is 3. The summed E-state index contributed by atoms with van der Waals surface area (Å²) in [4.78, 5) is 10.3. The van der Waals surface area contributed by atoms with Gasteiger partial charge in [-0.15, -0.1) is 0 Å². The number of rotatable bonds is 4. The summed E-state index contributed by atoms with van der Waals surface area (Å²) in [6.07, 6.45) is 3.70. The van der Waals surface area contributed by atoms with Crippen LogP contribution in [0.3, 0.4) is 0 Å². The Morgan fingerprint density at radius 1 is 1.42 bits per heavy atom. The van der Waals surface area contributed by atoms with Gasteiger partial charge in [-0.25, -0.2) is 0 Å². The van der Waals surface area contributed by atoms with E-state index in [1.807, 2.05) is 26.8 Å². The molecule has 0 spiro atoms. The molecule has 0 rings (SSSR count). The van der Waals surface area contributed by atoms with Crippen LogP contribution in [0.4, 0.5) is 0 Å². The van der Waals surface area contributed by atoms with Crippen molar-refractivity contribution in [2.45, 2.75) is 27.2 Å². The van der Waals surface area contributed by atoms with E-state index in [1.165, 1.54) is 0 Å². The van der Waals surface area contributed by atoms with Gasteiger partial charge in [0.25, 0.3) is 0 Å². The SMILES string of the molecule is C/C=C(/CC(=O)O)N/C(C)=C/C. The lowest BCUT2D eigenvalue weighted by Gasteiger charge is -2.07. The molecule has 0 aromatic heterocycles. The van der Waals surface area contributed by atoms with E-state index in [0.29, 0.717) is 0 Å². The Kier molecular flexibility index (Phi) is 4.84. The molecule has 0 aromatic carbocycles. The number of hydrogen-bond donors (Lipinski definition) is 2. The number of nitrogens with one attached hydrogen (secondary N) is 1. The molecule has 0 unspecified atom stereocenters. The zero-order chi connectivity index (χ0) is 9.56. The molecule has 0 heterocycles. The summed E-state index contributed by atoms with van der Waals surface area (Å²) in [6.45, 7) is 5.61. The van der Waals surface area contributed by atoms with E-state index in [0.717, 1.165) is 11.4 Å². The predicted molar refractivity (Wildman–Crippen MR) is 48.6 cm³/mol. The van der Waals surface area contributed by atoms with Gasteiger partial charge in [-0.2, -0.15) is 0 Å². The van der Waals surface area contributed by atoms with Crippen LogP contribution < -0.4 is 5.32 Å². The zero-order valence-electron chi connectivity index (χ0n) is 7.72. The van der Waals surface area contributed by atoms with E-state index < -0.39 is 5.97 Å². The molecule has 0 atom stereocenters. The van der Waals surface area contributed by atoms with Gasteiger partial charge in [-0.3, -0.25) is 4.79 Å². The molecule has 0 aliphatic carbocycles. The average Bonchev–Trinajstić information content (AvgIpc) is 2.02. The average molecular weight is 169 g/mol. The molecule has 0 radical (unpaired) electrons. The van der Waals surface area contributed by atoms with E-state index in [9.17, 15) is 4.79 Å². The van der Waals surface area contributed by atoms with E-state index in [2.05, 4.69) is 5.32 Å². The molecular weight excluding hydrogens is 154 g/mol. The Balaban J connectivity index is 4.11. The third-order valence-corrected chi connectivity index (χ3v) is 1.48. The first-order valence-electron chi connectivity index (χ1n) is 3.87. The number of carboxylic acids is 1. The largest absolute Gasteiger partial charge is 0.481 e. The summed E-state index contributed by atoms with van der Waals surface area (Å²) in [5, 5.41) is 11.5. The van der Waals surface area contributed by atoms with Crippen molar-refractivity contribution in [1.82, 2.24) is 5.32 Å². The van der Waals surface area contributed by atoms with Gasteiger partial charge in [-0.05, 0) is 20.8 Å². The highest BCUT2D eigenvalue weighted by Crippen LogP contribution is 2.00. The Labute approximate surface area is 72.8 Å². The van der Waals surface area contributed by atoms with Crippen molar-refractivity contribution < 1.29 is 9.90 Å². The van der Waals surface area contributed by atoms with Gasteiger partial charge >= 0.3 is 5.97 Å². The summed E-state index contributed by atoms with van der Waals surface area (Å²) < 4.78 is 0. The predicted octanol–water partition coefficient (Wildman–Crippen LogP) is 1.88.